The molecule has 0 radical (unpaired) electrons. The van der Waals surface area contributed by atoms with Crippen molar-refractivity contribution in [3.63, 3.8) is 0 Å². The molecule has 17 N–H and O–H groups in total. The second kappa shape index (κ2) is 48.7. The van der Waals surface area contributed by atoms with Gasteiger partial charge in [-0.05, 0) is 101 Å². The van der Waals surface area contributed by atoms with Gasteiger partial charge in [0.2, 0.25) is 88.6 Å². The number of aromatic amines is 1. The molecule has 2 heterocycles. The number of carboxylic acids is 1. The van der Waals surface area contributed by atoms with Crippen LogP contribution in [-0.4, -0.2) is 265 Å². The number of H-pyrrole nitrogens is 1. The van der Waals surface area contributed by atoms with Crippen LogP contribution in [0.4, 0.5) is 0 Å². The molecule has 37 heteroatoms. The second-order valence-corrected chi connectivity index (χ2v) is 33.9. The van der Waals surface area contributed by atoms with Gasteiger partial charge in [0.05, 0.1) is 31.8 Å². The van der Waals surface area contributed by atoms with E-state index in [0.29, 0.717) is 57.1 Å². The van der Waals surface area contributed by atoms with E-state index >= 15 is 28.8 Å². The van der Waals surface area contributed by atoms with Crippen molar-refractivity contribution in [3.05, 3.63) is 197 Å². The summed E-state index contributed by atoms with van der Waals surface area (Å²) in [6.07, 6.45) is -0.194. The van der Waals surface area contributed by atoms with E-state index in [2.05, 4.69) is 58.2 Å². The number of fused-ring (bicyclic) bond motifs is 1. The molecule has 1 fully saturated rings. The highest BCUT2D eigenvalue weighted by atomic mass is 32.2. The highest BCUT2D eigenvalue weighted by Gasteiger charge is 2.41. The molecule has 0 unspecified atom stereocenters. The van der Waals surface area contributed by atoms with Crippen LogP contribution >= 0.6 is 11.8 Å². The maximum absolute atomic E-state index is 15.5. The molecule has 0 spiro atoms. The number of amides is 15. The van der Waals surface area contributed by atoms with Crippen LogP contribution in [0.15, 0.2) is 164 Å². The van der Waals surface area contributed by atoms with Crippen LogP contribution in [0, 0.1) is 11.8 Å². The van der Waals surface area contributed by atoms with Gasteiger partial charge in [0.1, 0.15) is 83.7 Å². The molecule has 0 bridgehead atoms. The summed E-state index contributed by atoms with van der Waals surface area (Å²) in [5.74, 6) is -18.1. The number of hydrogen-bond donors (Lipinski definition) is 16. The molecule has 1 aromatic heterocycles. The third-order valence-electron chi connectivity index (χ3n) is 21.7. The number of phenolic OH excluding ortho intramolecular Hbond substituents is 3. The fourth-order valence-electron chi connectivity index (χ4n) is 14.7. The van der Waals surface area contributed by atoms with Crippen molar-refractivity contribution in [1.82, 2.24) is 77.8 Å². The molecule has 0 aliphatic carbocycles. The fourth-order valence-corrected chi connectivity index (χ4v) is 15.6. The van der Waals surface area contributed by atoms with E-state index in [9.17, 15) is 68.4 Å². The number of nitrogens with two attached hydrogens (primary N) is 1. The van der Waals surface area contributed by atoms with E-state index in [0.717, 1.165) is 31.4 Å². The summed E-state index contributed by atoms with van der Waals surface area (Å²) in [6, 6.07) is 23.7. The number of phenols is 3. The summed E-state index contributed by atoms with van der Waals surface area (Å²) in [5.41, 5.74) is 8.86. The van der Waals surface area contributed by atoms with Gasteiger partial charge in [-0.3, -0.25) is 76.7 Å². The Labute approximate surface area is 751 Å². The van der Waals surface area contributed by atoms with Crippen LogP contribution < -0.4 is 58.9 Å². The number of carbonyl (C=O) groups is 16. The van der Waals surface area contributed by atoms with Gasteiger partial charge in [-0.15, -0.1) is 11.8 Å². The number of rotatable bonds is 23. The average molecular weight is 1800 g/mol. The smallest absolute Gasteiger partial charge is 0.305 e. The second-order valence-electron chi connectivity index (χ2n) is 32.8. The molecule has 11 atom stereocenters. The van der Waals surface area contributed by atoms with E-state index in [4.69, 9.17) is 5.73 Å². The number of aromatic hydroxyl groups is 3. The summed E-state index contributed by atoms with van der Waals surface area (Å²) in [7, 11) is 5.19. The molecule has 1 aliphatic rings. The normalized spacial score (nSPS) is 21.8. The number of thioether (sulfide) groups is 1. The van der Waals surface area contributed by atoms with Crippen molar-refractivity contribution in [2.75, 3.05) is 59.3 Å². The molecule has 15 amide bonds. The van der Waals surface area contributed by atoms with Crippen LogP contribution in [-0.2, 0) is 115 Å². The lowest BCUT2D eigenvalue weighted by Crippen LogP contribution is -2.61. The summed E-state index contributed by atoms with van der Waals surface area (Å²) >= 11 is 0.823. The predicted octanol–water partition coefficient (Wildman–Crippen LogP) is 1.69. The maximum atomic E-state index is 15.5. The molecule has 690 valence electrons. The Balaban J connectivity index is 1.21. The fraction of sp³-hybridized carbons (Fsp3) is 0.413. The van der Waals surface area contributed by atoms with E-state index < -0.39 is 205 Å². The number of likely N-dealkylation sites (N-methyl/N-ethyl adjacent to an activating group) is 4. The van der Waals surface area contributed by atoms with Crippen molar-refractivity contribution in [2.45, 2.75) is 172 Å². The standard InChI is InChI=1S/C92H116N16O20S/c1-10-11-26-74-91(127)106(7)50-78(114)97-70(46-80(116)117)87(123)104-81(54(4)5)88(124)101-68(41-58-29-35-62(110)36-30-58)85(121)102-71(43-59-31-37-63(111)38-32-59)89(125)105(6)49-77(113)96-69(45-60-47-94-65-25-19-18-24-64(60)65)86(122)100-67(40-57-27-33-61(109)34-28-57)84(120)99-66(39-53(2)3)83(119)103-73(82(118)95-48-76(93)112)51-129-52-79(115)98-72(42-55-20-14-12-15-21-55)90(126)108(9)75(92(128)107(74)8)44-56-22-16-13-17-23-56/h12-25,27-38,47,53-54,66-75,81,94,109-111H,10-11,26,39-46,48-52H2,1-9H3,(H2,93,112)(H,95,118)(H,96,113)(H,97,114)(H,98,115)(H,99,120)(H,100,122)(H,101,124)(H,102,121)(H,103,119)(H,104,123)(H,116,117)/t66-,67-,68-,69-,70-,71-,72-,73-,74-,75-,81-/m0/s1. The zero-order chi connectivity index (χ0) is 94.3. The van der Waals surface area contributed by atoms with E-state index in [1.165, 1.54) is 115 Å². The van der Waals surface area contributed by atoms with Gasteiger partial charge in [0, 0.05) is 89.6 Å². The first kappa shape index (κ1) is 101. The largest absolute Gasteiger partial charge is 0.508 e. The number of nitrogens with zero attached hydrogens (tertiary/aromatic N) is 4. The molecule has 1 aliphatic heterocycles. The Morgan fingerprint density at radius 3 is 1.40 bits per heavy atom. The van der Waals surface area contributed by atoms with E-state index in [-0.39, 0.29) is 74.5 Å². The lowest BCUT2D eigenvalue weighted by atomic mass is 9.99. The lowest BCUT2D eigenvalue weighted by Gasteiger charge is -2.37. The number of aromatic nitrogens is 1. The van der Waals surface area contributed by atoms with Gasteiger partial charge in [0.25, 0.3) is 0 Å². The number of para-hydroxylation sites is 1. The number of aliphatic carboxylic acids is 1. The molecule has 36 nitrogen and oxygen atoms in total. The Kier molecular flexibility index (Phi) is 38.0. The number of hydrogen-bond acceptors (Lipinski definition) is 20. The Morgan fingerprint density at radius 2 is 0.884 bits per heavy atom. The zero-order valence-corrected chi connectivity index (χ0v) is 74.3. The highest BCUT2D eigenvalue weighted by molar-refractivity contribution is 8.00. The Morgan fingerprint density at radius 1 is 0.457 bits per heavy atom. The number of carbonyl (C=O) groups excluding carboxylic acids is 15. The Hall–Kier alpha value is -13.9. The van der Waals surface area contributed by atoms with Gasteiger partial charge in [-0.25, -0.2) is 0 Å². The van der Waals surface area contributed by atoms with Gasteiger partial charge in [-0.1, -0.05) is 163 Å². The van der Waals surface area contributed by atoms with Gasteiger partial charge in [0.15, 0.2) is 0 Å². The number of primary amides is 1. The quantitative estimate of drug-likeness (QED) is 0.0433. The van der Waals surface area contributed by atoms with Gasteiger partial charge < -0.3 is 104 Å². The van der Waals surface area contributed by atoms with Crippen molar-refractivity contribution in [3.8, 4) is 17.2 Å². The number of nitrogens with one attached hydrogen (secondary N) is 11. The molecule has 1 saturated heterocycles. The SMILES string of the molecule is CCCC[C@H]1C(=O)N(C)CC(=O)N[C@@H](CC(=O)O)C(=O)N[C@@H](C(C)C)C(=O)N[C@@H](Cc2ccc(O)cc2)C(=O)N[C@@H](Cc2ccc(O)cc2)C(=O)N(C)CC(=O)N[C@@H](Cc2c[nH]c3ccccc23)C(=O)N[C@@H](Cc2ccc(O)cc2)C(=O)N[C@@H](CC(C)C)C(=O)N[C@H](C(=O)NCC(N)=O)CSCC(=O)N[C@@H](Cc2ccccc2)C(=O)N(C)[C@@H](Cc2ccccc2)C(=O)N1C. The van der Waals surface area contributed by atoms with Crippen LogP contribution in [0.2, 0.25) is 0 Å². The first-order valence-electron chi connectivity index (χ1n) is 42.4. The highest BCUT2D eigenvalue weighted by Crippen LogP contribution is 2.24. The molecule has 0 saturated carbocycles. The number of unbranched alkanes of at least 4 members (excludes halogenated alkanes) is 1. The maximum Gasteiger partial charge on any atom is 0.305 e. The van der Waals surface area contributed by atoms with Crippen molar-refractivity contribution < 1.29 is 97.1 Å². The van der Waals surface area contributed by atoms with Crippen molar-refractivity contribution in [2.24, 2.45) is 17.6 Å². The topological polar surface area (TPSA) is 529 Å². The molecule has 7 aromatic rings. The minimum atomic E-state index is -1.93. The minimum Gasteiger partial charge on any atom is -0.508 e. The average Bonchev–Trinajstić information content (AvgIpc) is 1.45. The van der Waals surface area contributed by atoms with Crippen molar-refractivity contribution in [1.29, 1.82) is 0 Å². The predicted molar refractivity (Wildman–Crippen MR) is 479 cm³/mol. The van der Waals surface area contributed by atoms with Crippen LogP contribution in [0.3, 0.4) is 0 Å². The summed E-state index contributed by atoms with van der Waals surface area (Å²) in [4.78, 5) is 241. The van der Waals surface area contributed by atoms with E-state index in [1.54, 1.807) is 105 Å². The first-order valence-corrected chi connectivity index (χ1v) is 43.6. The monoisotopic (exact) mass is 1800 g/mol. The molecule has 129 heavy (non-hydrogen) atoms. The minimum absolute atomic E-state index is 0.0192. The lowest BCUT2D eigenvalue weighted by molar-refractivity contribution is -0.151. The summed E-state index contributed by atoms with van der Waals surface area (Å²) in [5, 5.41) is 68.2. The zero-order valence-electron chi connectivity index (χ0n) is 73.5. The number of benzene rings is 6. The summed E-state index contributed by atoms with van der Waals surface area (Å²) in [6.45, 7) is 6.01. The molecule has 8 rings (SSSR count). The third kappa shape index (κ3) is 31.0. The first-order chi connectivity index (χ1) is 61.3. The van der Waals surface area contributed by atoms with Gasteiger partial charge >= 0.3 is 5.97 Å². The van der Waals surface area contributed by atoms with Crippen molar-refractivity contribution >= 4 is 117 Å². The molecular formula is C92H116N16O20S. The van der Waals surface area contributed by atoms with E-state index in [1.807, 2.05) is 6.92 Å². The van der Waals surface area contributed by atoms with Crippen LogP contribution in [0.25, 0.3) is 10.9 Å². The van der Waals surface area contributed by atoms with Crippen LogP contribution in [0.1, 0.15) is 100 Å². The molecular weight excluding hydrogens is 1680 g/mol. The number of carboxylic acid groups (broad SMARTS) is 1. The van der Waals surface area contributed by atoms with Crippen LogP contribution in [0.5, 0.6) is 17.2 Å². The summed E-state index contributed by atoms with van der Waals surface area (Å²) < 4.78 is 0. The Bertz CT molecular complexity index is 5080. The van der Waals surface area contributed by atoms with Gasteiger partial charge in [-0.2, -0.15) is 0 Å². The third-order valence-corrected chi connectivity index (χ3v) is 22.7. The molecule has 6 aromatic carbocycles.